The highest BCUT2D eigenvalue weighted by molar-refractivity contribution is 6.07. The smallest absolute Gasteiger partial charge is 0.138 e. The Balaban J connectivity index is 1.14. The standard InChI is InChI=1S/C54H49NO/c1-32-25-33(2)51-45(26-32)44-28-35(17-24-50(44)56-51)34-13-12-14-37(27-34)55(38-19-22-42-40-15-10-11-16-46(40)53(6,7)48(42)30-38)39-20-23-43-41-21-18-36(52(3,4)5)29-47(41)54(8,9)49(43)31-39/h10-31H,1-9H3. The van der Waals surface area contributed by atoms with Crippen molar-refractivity contribution in [2.75, 3.05) is 4.90 Å². The van der Waals surface area contributed by atoms with Gasteiger partial charge >= 0.3 is 0 Å². The maximum Gasteiger partial charge on any atom is 0.138 e. The zero-order chi connectivity index (χ0) is 38.9. The maximum atomic E-state index is 6.37. The third-order valence-corrected chi connectivity index (χ3v) is 12.9. The molecule has 276 valence electrons. The molecule has 0 aliphatic heterocycles. The monoisotopic (exact) mass is 727 g/mol. The van der Waals surface area contributed by atoms with Gasteiger partial charge in [-0.15, -0.1) is 0 Å². The lowest BCUT2D eigenvalue weighted by Gasteiger charge is -2.30. The summed E-state index contributed by atoms with van der Waals surface area (Å²) in [6.45, 7) is 20.7. The van der Waals surface area contributed by atoms with Gasteiger partial charge in [0.25, 0.3) is 0 Å². The van der Waals surface area contributed by atoms with Crippen LogP contribution in [0, 0.1) is 13.8 Å². The average molecular weight is 728 g/mol. The molecule has 0 unspecified atom stereocenters. The molecule has 1 aromatic heterocycles. The molecule has 0 bridgehead atoms. The number of benzene rings is 7. The Morgan fingerprint density at radius 2 is 1.07 bits per heavy atom. The molecule has 56 heavy (non-hydrogen) atoms. The van der Waals surface area contributed by atoms with Crippen molar-refractivity contribution in [3.05, 3.63) is 172 Å². The van der Waals surface area contributed by atoms with Gasteiger partial charge in [-0.3, -0.25) is 0 Å². The van der Waals surface area contributed by atoms with Crippen LogP contribution in [-0.2, 0) is 16.2 Å². The fourth-order valence-electron chi connectivity index (χ4n) is 9.84. The molecule has 2 aliphatic carbocycles. The molecule has 2 heteroatoms. The number of aryl methyl sites for hydroxylation is 2. The third-order valence-electron chi connectivity index (χ3n) is 12.9. The molecule has 0 atom stereocenters. The number of furan rings is 1. The number of hydrogen-bond acceptors (Lipinski definition) is 2. The largest absolute Gasteiger partial charge is 0.456 e. The van der Waals surface area contributed by atoms with Gasteiger partial charge in [0.15, 0.2) is 0 Å². The van der Waals surface area contributed by atoms with E-state index in [9.17, 15) is 0 Å². The predicted molar refractivity (Wildman–Crippen MR) is 237 cm³/mol. The van der Waals surface area contributed by atoms with E-state index in [1.54, 1.807) is 0 Å². The number of anilines is 3. The van der Waals surface area contributed by atoms with E-state index in [2.05, 4.69) is 201 Å². The molecule has 0 amide bonds. The zero-order valence-electron chi connectivity index (χ0n) is 34.1. The highest BCUT2D eigenvalue weighted by atomic mass is 16.3. The van der Waals surface area contributed by atoms with Gasteiger partial charge in [-0.25, -0.2) is 0 Å². The zero-order valence-corrected chi connectivity index (χ0v) is 34.1. The van der Waals surface area contributed by atoms with E-state index in [0.29, 0.717) is 0 Å². The number of rotatable bonds is 4. The second-order valence-electron chi connectivity index (χ2n) is 18.4. The van der Waals surface area contributed by atoms with Crippen LogP contribution in [0.4, 0.5) is 17.1 Å². The maximum absolute atomic E-state index is 6.37. The Kier molecular flexibility index (Phi) is 7.31. The summed E-state index contributed by atoms with van der Waals surface area (Å²) in [6.07, 6.45) is 0. The van der Waals surface area contributed by atoms with Gasteiger partial charge in [-0.2, -0.15) is 0 Å². The van der Waals surface area contributed by atoms with Crippen LogP contribution in [0.5, 0.6) is 0 Å². The second-order valence-corrected chi connectivity index (χ2v) is 18.4. The topological polar surface area (TPSA) is 16.4 Å². The first-order valence-corrected chi connectivity index (χ1v) is 20.1. The van der Waals surface area contributed by atoms with E-state index >= 15 is 0 Å². The Bertz CT molecular complexity index is 2930. The summed E-state index contributed by atoms with van der Waals surface area (Å²) in [6, 6.07) is 50.5. The van der Waals surface area contributed by atoms with Crippen LogP contribution in [-0.4, -0.2) is 0 Å². The van der Waals surface area contributed by atoms with Crippen molar-refractivity contribution in [3.8, 4) is 33.4 Å². The van der Waals surface area contributed by atoms with Gasteiger partial charge in [0.2, 0.25) is 0 Å². The molecular weight excluding hydrogens is 679 g/mol. The molecule has 2 aliphatic rings. The Hall–Kier alpha value is -5.86. The summed E-state index contributed by atoms with van der Waals surface area (Å²) < 4.78 is 6.37. The van der Waals surface area contributed by atoms with Gasteiger partial charge in [-0.1, -0.05) is 127 Å². The summed E-state index contributed by atoms with van der Waals surface area (Å²) >= 11 is 0. The molecular formula is C54H49NO. The SMILES string of the molecule is Cc1cc(C)c2oc3ccc(-c4cccc(N(c5ccc6c(c5)C(C)(C)c5ccccc5-6)c5ccc6c(c5)C(C)(C)c5cc(C(C)(C)C)ccc5-6)c4)cc3c2c1. The van der Waals surface area contributed by atoms with Crippen LogP contribution in [0.1, 0.15) is 87.4 Å². The fourth-order valence-corrected chi connectivity index (χ4v) is 9.84. The van der Waals surface area contributed by atoms with Crippen molar-refractivity contribution in [1.29, 1.82) is 0 Å². The van der Waals surface area contributed by atoms with Crippen LogP contribution in [0.15, 0.2) is 138 Å². The molecule has 0 saturated carbocycles. The normalized spacial score (nSPS) is 14.8. The molecule has 0 N–H and O–H groups in total. The average Bonchev–Trinajstić information content (AvgIpc) is 3.74. The van der Waals surface area contributed by atoms with Gasteiger partial charge in [0.1, 0.15) is 11.2 Å². The number of fused-ring (bicyclic) bond motifs is 9. The highest BCUT2D eigenvalue weighted by Gasteiger charge is 2.38. The van der Waals surface area contributed by atoms with E-state index in [1.165, 1.54) is 77.7 Å². The van der Waals surface area contributed by atoms with E-state index in [-0.39, 0.29) is 16.2 Å². The van der Waals surface area contributed by atoms with Crippen molar-refractivity contribution in [3.63, 3.8) is 0 Å². The van der Waals surface area contributed by atoms with E-state index < -0.39 is 0 Å². The van der Waals surface area contributed by atoms with E-state index in [0.717, 1.165) is 33.6 Å². The lowest BCUT2D eigenvalue weighted by molar-refractivity contribution is 0.584. The summed E-state index contributed by atoms with van der Waals surface area (Å²) in [7, 11) is 0. The molecule has 0 spiro atoms. The van der Waals surface area contributed by atoms with Crippen molar-refractivity contribution in [2.24, 2.45) is 0 Å². The lowest BCUT2D eigenvalue weighted by atomic mass is 9.79. The van der Waals surface area contributed by atoms with Gasteiger partial charge in [0, 0.05) is 38.7 Å². The first kappa shape index (κ1) is 34.6. The highest BCUT2D eigenvalue weighted by Crippen LogP contribution is 2.54. The fraction of sp³-hybridized carbons (Fsp3) is 0.222. The van der Waals surface area contributed by atoms with E-state index in [4.69, 9.17) is 4.42 Å². The van der Waals surface area contributed by atoms with Crippen LogP contribution < -0.4 is 4.90 Å². The Morgan fingerprint density at radius 3 is 1.77 bits per heavy atom. The van der Waals surface area contributed by atoms with Crippen molar-refractivity contribution < 1.29 is 4.42 Å². The van der Waals surface area contributed by atoms with E-state index in [1.807, 2.05) is 0 Å². The van der Waals surface area contributed by atoms with Crippen molar-refractivity contribution >= 4 is 39.0 Å². The number of hydrogen-bond donors (Lipinski definition) is 0. The van der Waals surface area contributed by atoms with Gasteiger partial charge in [0.05, 0.1) is 0 Å². The minimum Gasteiger partial charge on any atom is -0.456 e. The minimum atomic E-state index is -0.142. The summed E-state index contributed by atoms with van der Waals surface area (Å²) in [5, 5.41) is 2.33. The molecule has 2 nitrogen and oxygen atoms in total. The third kappa shape index (κ3) is 5.08. The first-order valence-electron chi connectivity index (χ1n) is 20.1. The quantitative estimate of drug-likeness (QED) is 0.179. The Morgan fingerprint density at radius 1 is 0.482 bits per heavy atom. The van der Waals surface area contributed by atoms with Crippen LogP contribution in [0.3, 0.4) is 0 Å². The molecule has 7 aromatic carbocycles. The van der Waals surface area contributed by atoms with Crippen molar-refractivity contribution in [1.82, 2.24) is 0 Å². The summed E-state index contributed by atoms with van der Waals surface area (Å²) in [5.74, 6) is 0. The predicted octanol–water partition coefficient (Wildman–Crippen LogP) is 15.2. The molecule has 0 fully saturated rings. The molecule has 0 saturated heterocycles. The lowest BCUT2D eigenvalue weighted by Crippen LogP contribution is -2.19. The Labute approximate surface area is 331 Å². The summed E-state index contributed by atoms with van der Waals surface area (Å²) in [4.78, 5) is 2.47. The van der Waals surface area contributed by atoms with Crippen molar-refractivity contribution in [2.45, 2.75) is 78.6 Å². The van der Waals surface area contributed by atoms with Gasteiger partial charge in [-0.05, 0) is 146 Å². The number of nitrogens with zero attached hydrogens (tertiary/aromatic N) is 1. The summed E-state index contributed by atoms with van der Waals surface area (Å²) in [5.41, 5.74) is 22.2. The van der Waals surface area contributed by atoms with Crippen LogP contribution >= 0.6 is 0 Å². The first-order chi connectivity index (χ1) is 26.7. The van der Waals surface area contributed by atoms with Gasteiger partial charge < -0.3 is 9.32 Å². The second kappa shape index (κ2) is 11.8. The van der Waals surface area contributed by atoms with Crippen LogP contribution in [0.2, 0.25) is 0 Å². The molecule has 1 heterocycles. The molecule has 10 rings (SSSR count). The van der Waals surface area contributed by atoms with Crippen LogP contribution in [0.25, 0.3) is 55.3 Å². The minimum absolute atomic E-state index is 0.0843. The molecule has 8 aromatic rings. The molecule has 0 radical (unpaired) electrons.